The Labute approximate surface area is 408 Å². The van der Waals surface area contributed by atoms with Crippen LogP contribution in [0.4, 0.5) is 11.6 Å². The van der Waals surface area contributed by atoms with Crippen molar-refractivity contribution in [3.8, 4) is 20.9 Å². The Morgan fingerprint density at radius 2 is 1.07 bits per heavy atom. The number of rotatable bonds is 10. The van der Waals surface area contributed by atoms with Gasteiger partial charge in [0, 0.05) is 65.8 Å². The Hall–Kier alpha value is -5.05. The second-order valence-electron chi connectivity index (χ2n) is 20.5. The molecule has 4 aliphatic heterocycles. The Morgan fingerprint density at radius 1 is 0.662 bits per heavy atom. The summed E-state index contributed by atoms with van der Waals surface area (Å²) in [5.74, 6) is 0.695. The maximum absolute atomic E-state index is 13.6. The van der Waals surface area contributed by atoms with Crippen molar-refractivity contribution in [1.82, 2.24) is 40.4 Å². The second-order valence-corrected chi connectivity index (χ2v) is 24.8. The molecule has 8 rings (SSSR count). The zero-order valence-corrected chi connectivity index (χ0v) is 43.3. The van der Waals surface area contributed by atoms with E-state index in [0.717, 1.165) is 59.6 Å². The smallest absolute Gasteiger partial charge is 0.280 e. The van der Waals surface area contributed by atoms with Crippen LogP contribution in [0, 0.1) is 13.8 Å². The van der Waals surface area contributed by atoms with Crippen LogP contribution in [0.2, 0.25) is 0 Å². The summed E-state index contributed by atoms with van der Waals surface area (Å²) in [6, 6.07) is 3.97. The number of hydrogen-bond acceptors (Lipinski definition) is 15. The van der Waals surface area contributed by atoms with Crippen LogP contribution in [0.3, 0.4) is 0 Å². The minimum atomic E-state index is -3.03. The van der Waals surface area contributed by atoms with Gasteiger partial charge in [-0.05, 0) is 131 Å². The number of amides is 4. The van der Waals surface area contributed by atoms with E-state index in [2.05, 4.69) is 89.7 Å². The first-order valence-corrected chi connectivity index (χ1v) is 26.9. The highest BCUT2D eigenvalue weighted by atomic mass is 32.2. The summed E-state index contributed by atoms with van der Waals surface area (Å²) in [5, 5.41) is 13.1. The van der Waals surface area contributed by atoms with Crippen LogP contribution < -0.4 is 21.3 Å². The minimum Gasteiger partial charge on any atom is -0.377 e. The molecule has 8 heterocycles. The van der Waals surface area contributed by atoms with E-state index in [1.165, 1.54) is 22.7 Å². The van der Waals surface area contributed by atoms with Crippen LogP contribution in [0.1, 0.15) is 146 Å². The fourth-order valence-electron chi connectivity index (χ4n) is 8.57. The SMILES string of the molecule is Cc1cc(NC(C)(C)C)ncc1-c1sc(C(=O)NC2CCS(=O)(=O)CC2)nc1C(=O)N1CCC[C@@H]1C.Cc1cc(NC(C)(C)C)ncc1-c1sc(C(=O)NC2COC2)nc1C(=O)N1CCC[C@@H]1C. The third-order valence-electron chi connectivity index (χ3n) is 12.3. The number of anilines is 2. The normalized spacial score (nSPS) is 19.7. The third kappa shape index (κ3) is 12.4. The molecule has 4 N–H and O–H groups in total. The van der Waals surface area contributed by atoms with E-state index in [-0.39, 0.29) is 81.1 Å². The number of thiazole rings is 2. The van der Waals surface area contributed by atoms with Gasteiger partial charge in [-0.25, -0.2) is 28.4 Å². The first-order valence-electron chi connectivity index (χ1n) is 23.5. The molecule has 4 saturated heterocycles. The zero-order valence-electron chi connectivity index (χ0n) is 40.9. The van der Waals surface area contributed by atoms with Gasteiger partial charge in [0.1, 0.15) is 32.9 Å². The number of carbonyl (C=O) groups is 4. The molecule has 20 heteroatoms. The molecule has 17 nitrogen and oxygen atoms in total. The number of likely N-dealkylation sites (tertiary alicyclic amines) is 2. The molecule has 4 aromatic heterocycles. The Balaban J connectivity index is 0.000000203. The largest absolute Gasteiger partial charge is 0.377 e. The van der Waals surface area contributed by atoms with E-state index in [4.69, 9.17) is 4.74 Å². The molecule has 2 atom stereocenters. The van der Waals surface area contributed by atoms with Gasteiger partial charge >= 0.3 is 0 Å². The molecule has 0 bridgehead atoms. The lowest BCUT2D eigenvalue weighted by Crippen LogP contribution is -2.48. The predicted molar refractivity (Wildman–Crippen MR) is 268 cm³/mol. The van der Waals surface area contributed by atoms with Gasteiger partial charge in [0.25, 0.3) is 23.6 Å². The number of nitrogens with zero attached hydrogens (tertiary/aromatic N) is 6. The average Bonchev–Trinajstić information content (AvgIpc) is 4.06. The van der Waals surface area contributed by atoms with Crippen molar-refractivity contribution in [3.63, 3.8) is 0 Å². The van der Waals surface area contributed by atoms with Crippen LogP contribution in [-0.2, 0) is 14.6 Å². The van der Waals surface area contributed by atoms with Crippen molar-refractivity contribution in [2.24, 2.45) is 0 Å². The summed E-state index contributed by atoms with van der Waals surface area (Å²) in [7, 11) is -3.03. The van der Waals surface area contributed by atoms with Crippen LogP contribution >= 0.6 is 22.7 Å². The van der Waals surface area contributed by atoms with Crippen LogP contribution in [0.5, 0.6) is 0 Å². The number of aryl methyl sites for hydroxylation is 2. The van der Waals surface area contributed by atoms with Crippen molar-refractivity contribution < 1.29 is 32.3 Å². The lowest BCUT2D eigenvalue weighted by Gasteiger charge is -2.26. The molecule has 0 unspecified atom stereocenters. The van der Waals surface area contributed by atoms with E-state index in [0.29, 0.717) is 59.6 Å². The number of hydrogen-bond donors (Lipinski definition) is 4. The van der Waals surface area contributed by atoms with E-state index in [1.54, 1.807) is 12.4 Å². The van der Waals surface area contributed by atoms with E-state index in [1.807, 2.05) is 42.7 Å². The van der Waals surface area contributed by atoms with E-state index >= 15 is 0 Å². The first kappa shape index (κ1) is 50.8. The molecule has 4 amide bonds. The summed E-state index contributed by atoms with van der Waals surface area (Å²) >= 11 is 2.43. The van der Waals surface area contributed by atoms with Crippen molar-refractivity contribution in [3.05, 3.63) is 57.1 Å². The van der Waals surface area contributed by atoms with Gasteiger partial charge in [-0.2, -0.15) is 0 Å². The van der Waals surface area contributed by atoms with Crippen molar-refractivity contribution >= 4 is 67.8 Å². The van der Waals surface area contributed by atoms with Gasteiger partial charge in [-0.1, -0.05) is 0 Å². The molecule has 0 saturated carbocycles. The molecule has 4 fully saturated rings. The van der Waals surface area contributed by atoms with Gasteiger partial charge in [0.15, 0.2) is 10.0 Å². The number of pyridine rings is 2. The summed E-state index contributed by atoms with van der Waals surface area (Å²) in [4.78, 5) is 76.1. The van der Waals surface area contributed by atoms with Crippen LogP contribution in [0.15, 0.2) is 24.5 Å². The molecular formula is C48H66N10O7S3. The fourth-order valence-corrected chi connectivity index (χ4v) is 12.1. The summed E-state index contributed by atoms with van der Waals surface area (Å²) in [6.45, 7) is 22.8. The van der Waals surface area contributed by atoms with Gasteiger partial charge in [-0.15, -0.1) is 22.7 Å². The summed E-state index contributed by atoms with van der Waals surface area (Å²) < 4.78 is 28.6. The molecule has 4 aliphatic rings. The number of sulfone groups is 1. The van der Waals surface area contributed by atoms with Crippen LogP contribution in [0.25, 0.3) is 20.9 Å². The minimum absolute atomic E-state index is 0.00114. The average molecular weight is 991 g/mol. The maximum Gasteiger partial charge on any atom is 0.280 e. The van der Waals surface area contributed by atoms with Crippen molar-refractivity contribution in [2.45, 2.75) is 143 Å². The highest BCUT2D eigenvalue weighted by Crippen LogP contribution is 2.37. The first-order chi connectivity index (χ1) is 31.9. The quantitative estimate of drug-likeness (QED) is 0.125. The van der Waals surface area contributed by atoms with Gasteiger partial charge in [0.05, 0.1) is 40.5 Å². The Morgan fingerprint density at radius 3 is 1.41 bits per heavy atom. The third-order valence-corrected chi connectivity index (χ3v) is 16.1. The fraction of sp³-hybridized carbons (Fsp3) is 0.583. The van der Waals surface area contributed by atoms with Crippen molar-refractivity contribution in [2.75, 3.05) is 48.4 Å². The molecule has 68 heavy (non-hydrogen) atoms. The monoisotopic (exact) mass is 990 g/mol. The Bertz CT molecular complexity index is 2630. The second kappa shape index (κ2) is 20.5. The number of ether oxygens (including phenoxy) is 1. The topological polar surface area (TPSA) is 218 Å². The molecule has 368 valence electrons. The molecule has 0 spiro atoms. The maximum atomic E-state index is 13.6. The standard InChI is InChI=1S/C25H35N5O4S2.C23H31N5O3S/c1-15-13-19(29-25(3,4)5)26-14-18(15)21-20(24(32)30-10-6-7-16(30)2)28-23(35-21)22(31)27-17-8-11-36(33,34)12-9-17;1-13-9-17(27-23(3,4)5)24-10-16(13)19-18(22(30)28-8-6-7-14(28)2)26-21(32-19)20(29)25-15-11-31-12-15/h13-14,16-17H,6-12H2,1-5H3,(H,26,29)(H,27,31);9-10,14-15H,6-8,11-12H2,1-5H3,(H,24,27)(H,25,29)/t16-;14-/m00/s1. The molecule has 0 aromatic carbocycles. The number of aromatic nitrogens is 4. The highest BCUT2D eigenvalue weighted by Gasteiger charge is 2.35. The van der Waals surface area contributed by atoms with Gasteiger partial charge in [0.2, 0.25) is 0 Å². The van der Waals surface area contributed by atoms with E-state index in [9.17, 15) is 27.6 Å². The van der Waals surface area contributed by atoms with Gasteiger partial charge < -0.3 is 35.8 Å². The zero-order chi connectivity index (χ0) is 49.3. The molecule has 0 aliphatic carbocycles. The molecular weight excluding hydrogens is 925 g/mol. The Kier molecular flexibility index (Phi) is 15.3. The van der Waals surface area contributed by atoms with E-state index < -0.39 is 9.84 Å². The van der Waals surface area contributed by atoms with Crippen LogP contribution in [-0.4, -0.2) is 135 Å². The summed E-state index contributed by atoms with van der Waals surface area (Å²) in [5.41, 5.74) is 3.82. The summed E-state index contributed by atoms with van der Waals surface area (Å²) in [6.07, 6.45) is 8.11. The predicted octanol–water partition coefficient (Wildman–Crippen LogP) is 7.13. The van der Waals surface area contributed by atoms with Crippen molar-refractivity contribution in [1.29, 1.82) is 0 Å². The molecule has 4 aromatic rings. The highest BCUT2D eigenvalue weighted by molar-refractivity contribution is 7.91. The number of nitrogens with one attached hydrogen (secondary N) is 4. The molecule has 0 radical (unpaired) electrons. The lowest BCUT2D eigenvalue weighted by atomic mass is 10.1. The number of carbonyl (C=O) groups excluding carboxylic acids is 4. The lowest BCUT2D eigenvalue weighted by molar-refractivity contribution is -0.00346. The van der Waals surface area contributed by atoms with Gasteiger partial charge in [-0.3, -0.25) is 19.2 Å².